The minimum absolute atomic E-state index is 0.486. The molecule has 252 valence electrons. The summed E-state index contributed by atoms with van der Waals surface area (Å²) in [6.45, 7) is 12.3. The quantitative estimate of drug-likeness (QED) is 0.184. The van der Waals surface area contributed by atoms with Gasteiger partial charge < -0.3 is 19.3 Å². The molecular weight excluding hydrogens is 640 g/mol. The zero-order chi connectivity index (χ0) is 33.9. The third-order valence-corrected chi connectivity index (χ3v) is 11.6. The topological polar surface area (TPSA) is 80.5 Å². The van der Waals surface area contributed by atoms with E-state index in [0.29, 0.717) is 16.5 Å². The number of aryl methyl sites for hydroxylation is 2. The summed E-state index contributed by atoms with van der Waals surface area (Å²) >= 11 is 7.84. The molecule has 1 N–H and O–H groups in total. The Morgan fingerprint density at radius 1 is 1.06 bits per heavy atom. The summed E-state index contributed by atoms with van der Waals surface area (Å²) in [5, 5.41) is 11.9. The molecule has 7 nitrogen and oxygen atoms in total. The predicted octanol–water partition coefficient (Wildman–Crippen LogP) is 9.79. The second kappa shape index (κ2) is 12.9. The van der Waals surface area contributed by atoms with Gasteiger partial charge in [0.1, 0.15) is 5.01 Å². The summed E-state index contributed by atoms with van der Waals surface area (Å²) in [5.74, 6) is 0.308. The Balaban J connectivity index is 1.30. The fraction of sp³-hybridized carbons (Fsp3) is 0.462. The lowest BCUT2D eigenvalue weighted by Crippen LogP contribution is -2.39. The van der Waals surface area contributed by atoms with E-state index < -0.39 is 17.7 Å². The maximum absolute atomic E-state index is 12.7. The van der Waals surface area contributed by atoms with E-state index in [1.165, 1.54) is 24.8 Å². The zero-order valence-corrected chi connectivity index (χ0v) is 30.3. The van der Waals surface area contributed by atoms with Gasteiger partial charge in [-0.3, -0.25) is 0 Å². The number of carboxylic acids is 1. The van der Waals surface area contributed by atoms with Crippen molar-refractivity contribution in [2.75, 3.05) is 13.1 Å². The van der Waals surface area contributed by atoms with Gasteiger partial charge in [-0.05, 0) is 132 Å². The Bertz CT molecular complexity index is 1980. The van der Waals surface area contributed by atoms with Crippen molar-refractivity contribution in [2.24, 2.45) is 13.0 Å². The molecule has 5 aromatic rings. The Kier molecular flexibility index (Phi) is 8.90. The largest absolute Gasteiger partial charge is 0.479 e. The van der Waals surface area contributed by atoms with Crippen LogP contribution < -0.4 is 0 Å². The SMILES string of the molecule is Cc1cc2nc(-c3ccc4c(n3)c(C3CCN(C5CCC(C)C5)CC3)cn4C)sc2c(-c2ccc(Cl)cc2)c1[C@H](OC(C)(C)C)C(=O)O. The first kappa shape index (κ1) is 33.2. The minimum atomic E-state index is -1.16. The lowest BCUT2D eigenvalue weighted by molar-refractivity contribution is -0.160. The molecule has 2 fully saturated rings. The van der Waals surface area contributed by atoms with Crippen LogP contribution >= 0.6 is 22.9 Å². The van der Waals surface area contributed by atoms with Crippen LogP contribution in [0, 0.1) is 12.8 Å². The molecule has 0 bridgehead atoms. The number of hydrogen-bond donors (Lipinski definition) is 1. The number of aliphatic carboxylic acids is 1. The highest BCUT2D eigenvalue weighted by atomic mass is 35.5. The molecule has 48 heavy (non-hydrogen) atoms. The molecule has 2 unspecified atom stereocenters. The van der Waals surface area contributed by atoms with Gasteiger partial charge in [-0.15, -0.1) is 11.3 Å². The highest BCUT2D eigenvalue weighted by Crippen LogP contribution is 2.45. The van der Waals surface area contributed by atoms with Gasteiger partial charge in [0.25, 0.3) is 0 Å². The van der Waals surface area contributed by atoms with Crippen LogP contribution in [0.3, 0.4) is 0 Å². The molecule has 0 radical (unpaired) electrons. The van der Waals surface area contributed by atoms with Gasteiger partial charge in [0.15, 0.2) is 6.10 Å². The number of hydrogen-bond acceptors (Lipinski definition) is 6. The molecule has 2 aromatic carbocycles. The molecule has 7 rings (SSSR count). The van der Waals surface area contributed by atoms with Crippen LogP contribution in [-0.2, 0) is 16.6 Å². The van der Waals surface area contributed by atoms with Crippen LogP contribution in [0.25, 0.3) is 43.1 Å². The number of ether oxygens (including phenoxy) is 1. The van der Waals surface area contributed by atoms with Crippen LogP contribution in [0.4, 0.5) is 0 Å². The molecule has 1 saturated carbocycles. The number of carboxylic acid groups (broad SMARTS) is 1. The van der Waals surface area contributed by atoms with E-state index >= 15 is 0 Å². The number of likely N-dealkylation sites (tertiary alicyclic amines) is 1. The van der Waals surface area contributed by atoms with Gasteiger partial charge in [0.05, 0.1) is 32.5 Å². The molecular formula is C39H45ClN4O3S. The van der Waals surface area contributed by atoms with E-state index in [2.05, 4.69) is 41.8 Å². The Morgan fingerprint density at radius 2 is 1.79 bits per heavy atom. The van der Waals surface area contributed by atoms with E-state index in [1.54, 1.807) is 11.3 Å². The second-order valence-electron chi connectivity index (χ2n) is 14.9. The molecule has 1 saturated heterocycles. The van der Waals surface area contributed by atoms with Gasteiger partial charge in [0.2, 0.25) is 0 Å². The number of aromatic nitrogens is 3. The summed E-state index contributed by atoms with van der Waals surface area (Å²) in [6, 6.07) is 14.5. The second-order valence-corrected chi connectivity index (χ2v) is 16.4. The maximum atomic E-state index is 12.7. The third kappa shape index (κ3) is 6.40. The lowest BCUT2D eigenvalue weighted by atomic mass is 9.89. The van der Waals surface area contributed by atoms with E-state index in [4.69, 9.17) is 26.3 Å². The number of nitrogens with zero attached hydrogens (tertiary/aromatic N) is 4. The van der Waals surface area contributed by atoms with Gasteiger partial charge in [-0.25, -0.2) is 14.8 Å². The fourth-order valence-electron chi connectivity index (χ4n) is 7.94. The summed E-state index contributed by atoms with van der Waals surface area (Å²) in [6.07, 6.45) is 7.49. The van der Waals surface area contributed by atoms with Crippen LogP contribution in [0.2, 0.25) is 5.02 Å². The minimum Gasteiger partial charge on any atom is -0.479 e. The summed E-state index contributed by atoms with van der Waals surface area (Å²) in [5.41, 5.74) is 7.62. The fourth-order valence-corrected chi connectivity index (χ4v) is 9.16. The number of fused-ring (bicyclic) bond motifs is 2. The van der Waals surface area contributed by atoms with Crippen LogP contribution in [-0.4, -0.2) is 55.2 Å². The molecule has 2 aliphatic rings. The van der Waals surface area contributed by atoms with Crippen molar-refractivity contribution < 1.29 is 14.6 Å². The predicted molar refractivity (Wildman–Crippen MR) is 196 cm³/mol. The lowest BCUT2D eigenvalue weighted by Gasteiger charge is -2.36. The van der Waals surface area contributed by atoms with Gasteiger partial charge in [0, 0.05) is 35.4 Å². The van der Waals surface area contributed by atoms with Crippen LogP contribution in [0.1, 0.15) is 88.5 Å². The Morgan fingerprint density at radius 3 is 2.44 bits per heavy atom. The smallest absolute Gasteiger partial charge is 0.337 e. The molecule has 4 heterocycles. The number of piperidine rings is 1. The number of rotatable bonds is 7. The van der Waals surface area contributed by atoms with Crippen molar-refractivity contribution in [1.82, 2.24) is 19.4 Å². The number of pyridine rings is 1. The van der Waals surface area contributed by atoms with E-state index in [1.807, 2.05) is 58.0 Å². The van der Waals surface area contributed by atoms with Crippen LogP contribution in [0.15, 0.2) is 48.7 Å². The maximum Gasteiger partial charge on any atom is 0.337 e. The zero-order valence-electron chi connectivity index (χ0n) is 28.7. The molecule has 9 heteroatoms. The van der Waals surface area contributed by atoms with Crippen LogP contribution in [0.5, 0.6) is 0 Å². The number of benzene rings is 2. The first-order chi connectivity index (χ1) is 22.9. The van der Waals surface area contributed by atoms with Gasteiger partial charge in [-0.1, -0.05) is 30.7 Å². The van der Waals surface area contributed by atoms with Crippen molar-refractivity contribution in [3.63, 3.8) is 0 Å². The van der Waals surface area contributed by atoms with Crippen molar-refractivity contribution in [1.29, 1.82) is 0 Å². The van der Waals surface area contributed by atoms with Crippen molar-refractivity contribution in [2.45, 2.75) is 90.4 Å². The summed E-state index contributed by atoms with van der Waals surface area (Å²) in [7, 11) is 2.11. The first-order valence-corrected chi connectivity index (χ1v) is 18.4. The molecule has 0 spiro atoms. The van der Waals surface area contributed by atoms with Gasteiger partial charge in [-0.2, -0.15) is 0 Å². The van der Waals surface area contributed by atoms with E-state index in [0.717, 1.165) is 86.5 Å². The van der Waals surface area contributed by atoms with E-state index in [-0.39, 0.29) is 0 Å². The average molecular weight is 685 g/mol. The standard InChI is InChI=1S/C39H45ClN4O3S/c1-22-7-12-27(19-22)44-17-15-24(16-18-44)28-21-43(6)31-14-13-29(41-34(28)31)37-42-30-20-23(2)32(35(38(45)46)47-39(3,4)5)33(36(30)48-37)25-8-10-26(40)11-9-25/h8-11,13-14,20-22,24,27,35H,7,12,15-19H2,1-6H3,(H,45,46)/t22?,27?,35-/m0/s1. The van der Waals surface area contributed by atoms with E-state index in [9.17, 15) is 9.90 Å². The highest BCUT2D eigenvalue weighted by Gasteiger charge is 2.34. The number of thiazole rings is 1. The molecule has 0 amide bonds. The third-order valence-electron chi connectivity index (χ3n) is 10.3. The molecule has 3 aromatic heterocycles. The van der Waals surface area contributed by atoms with Crippen molar-refractivity contribution in [3.05, 3.63) is 70.4 Å². The van der Waals surface area contributed by atoms with Gasteiger partial charge >= 0.3 is 5.97 Å². The first-order valence-electron chi connectivity index (χ1n) is 17.2. The van der Waals surface area contributed by atoms with Crippen molar-refractivity contribution in [3.8, 4) is 21.8 Å². The normalized spacial score (nSPS) is 20.2. The van der Waals surface area contributed by atoms with Crippen molar-refractivity contribution >= 4 is 50.2 Å². The summed E-state index contributed by atoms with van der Waals surface area (Å²) in [4.78, 5) is 25.9. The summed E-state index contributed by atoms with van der Waals surface area (Å²) < 4.78 is 9.31. The Hall–Kier alpha value is -3.30. The molecule has 3 atom stereocenters. The monoisotopic (exact) mass is 684 g/mol. The number of carbonyl (C=O) groups is 1. The average Bonchev–Trinajstić information content (AvgIpc) is 3.76. The Labute approximate surface area is 291 Å². The molecule has 1 aliphatic heterocycles. The molecule has 1 aliphatic carbocycles. The highest BCUT2D eigenvalue weighted by molar-refractivity contribution is 7.22. The number of halogens is 1.